The van der Waals surface area contributed by atoms with Gasteiger partial charge in [-0.1, -0.05) is 91.7 Å². The van der Waals surface area contributed by atoms with Gasteiger partial charge < -0.3 is 19.5 Å². The molecular formula is C35H39NO7. The van der Waals surface area contributed by atoms with Gasteiger partial charge in [-0.15, -0.1) is 0 Å². The van der Waals surface area contributed by atoms with Gasteiger partial charge in [0.2, 0.25) is 0 Å². The third-order valence-electron chi connectivity index (χ3n) is 7.16. The largest absolute Gasteiger partial charge is 0.460 e. The Labute approximate surface area is 252 Å². The summed E-state index contributed by atoms with van der Waals surface area (Å²) >= 11 is 0. The van der Waals surface area contributed by atoms with E-state index in [1.807, 2.05) is 87.5 Å². The Balaban J connectivity index is 1.35. The fourth-order valence-electron chi connectivity index (χ4n) is 5.17. The lowest BCUT2D eigenvalue weighted by Crippen LogP contribution is -2.45. The van der Waals surface area contributed by atoms with Crippen LogP contribution >= 0.6 is 0 Å². The van der Waals surface area contributed by atoms with E-state index in [1.54, 1.807) is 12.1 Å². The van der Waals surface area contributed by atoms with Crippen LogP contribution in [0.15, 0.2) is 78.9 Å². The molecule has 0 fully saturated rings. The van der Waals surface area contributed by atoms with Gasteiger partial charge in [0, 0.05) is 12.3 Å². The van der Waals surface area contributed by atoms with Crippen LogP contribution < -0.4 is 5.32 Å². The van der Waals surface area contributed by atoms with Gasteiger partial charge in [-0.2, -0.15) is 0 Å². The predicted octanol–water partition coefficient (Wildman–Crippen LogP) is 6.50. The van der Waals surface area contributed by atoms with Crippen molar-refractivity contribution in [1.82, 2.24) is 5.32 Å². The van der Waals surface area contributed by atoms with Crippen LogP contribution in [-0.4, -0.2) is 42.1 Å². The van der Waals surface area contributed by atoms with Crippen LogP contribution in [0.4, 0.5) is 4.79 Å². The molecule has 226 valence electrons. The van der Waals surface area contributed by atoms with Crippen molar-refractivity contribution in [1.29, 1.82) is 0 Å². The van der Waals surface area contributed by atoms with Gasteiger partial charge in [0.1, 0.15) is 24.9 Å². The molecule has 0 bridgehead atoms. The number of carbonyl (C=O) groups is 4. The monoisotopic (exact) mass is 585 g/mol. The molecule has 0 radical (unpaired) electrons. The van der Waals surface area contributed by atoms with Gasteiger partial charge in [-0.25, -0.2) is 9.59 Å². The van der Waals surface area contributed by atoms with Gasteiger partial charge in [-0.05, 0) is 61.4 Å². The van der Waals surface area contributed by atoms with E-state index >= 15 is 0 Å². The molecule has 0 aromatic heterocycles. The van der Waals surface area contributed by atoms with Crippen molar-refractivity contribution in [2.24, 2.45) is 0 Å². The number of hydrogen-bond acceptors (Lipinski definition) is 7. The van der Waals surface area contributed by atoms with Crippen LogP contribution in [0.1, 0.15) is 75.5 Å². The number of esters is 2. The third kappa shape index (κ3) is 9.01. The van der Waals surface area contributed by atoms with Crippen LogP contribution in [0, 0.1) is 0 Å². The number of Topliss-reactive ketones (excluding diaryl/α,β-unsaturated/α-hetero) is 1. The van der Waals surface area contributed by atoms with E-state index in [0.717, 1.165) is 27.8 Å². The molecule has 0 unspecified atom stereocenters. The maximum atomic E-state index is 13.1. The van der Waals surface area contributed by atoms with Crippen molar-refractivity contribution in [2.45, 2.75) is 77.0 Å². The van der Waals surface area contributed by atoms with Crippen LogP contribution in [0.25, 0.3) is 11.1 Å². The van der Waals surface area contributed by atoms with E-state index in [2.05, 4.69) is 5.32 Å². The standard InChI is InChI=1S/C35H39NO7/c1-35(2,3)43-31(37)21-9-5-8-20-30(32(38)33(39)41-22-24-14-6-4-7-15-24)36-34(40)42-23-29-27-18-12-10-16-25(27)26-17-11-13-19-28(26)29/h4,6-7,10-19,29-30H,5,8-9,20-23H2,1-3H3,(H,36,40)/t30-/m0/s1. The summed E-state index contributed by atoms with van der Waals surface area (Å²) in [6.07, 6.45) is 1.31. The Morgan fingerprint density at radius 3 is 2.00 bits per heavy atom. The zero-order valence-corrected chi connectivity index (χ0v) is 25.0. The lowest BCUT2D eigenvalue weighted by Gasteiger charge is -2.20. The van der Waals surface area contributed by atoms with Gasteiger partial charge in [0.15, 0.2) is 0 Å². The molecule has 8 heteroatoms. The molecule has 0 spiro atoms. The summed E-state index contributed by atoms with van der Waals surface area (Å²) in [5.41, 5.74) is 4.53. The molecular weight excluding hydrogens is 546 g/mol. The zero-order chi connectivity index (χ0) is 30.8. The van der Waals surface area contributed by atoms with E-state index in [9.17, 15) is 19.2 Å². The van der Waals surface area contributed by atoms with Gasteiger partial charge in [0.25, 0.3) is 5.78 Å². The van der Waals surface area contributed by atoms with Crippen molar-refractivity contribution in [3.63, 3.8) is 0 Å². The smallest absolute Gasteiger partial charge is 0.407 e. The second-order valence-electron chi connectivity index (χ2n) is 11.6. The molecule has 1 amide bonds. The van der Waals surface area contributed by atoms with Crippen molar-refractivity contribution in [3.05, 3.63) is 95.6 Å². The topological polar surface area (TPSA) is 108 Å². The number of carbonyl (C=O) groups excluding carboxylic acids is 4. The van der Waals surface area contributed by atoms with E-state index in [1.165, 1.54) is 0 Å². The lowest BCUT2D eigenvalue weighted by atomic mass is 9.98. The molecule has 0 saturated heterocycles. The number of benzene rings is 3. The molecule has 0 heterocycles. The van der Waals surface area contributed by atoms with E-state index in [4.69, 9.17) is 14.2 Å². The Bertz CT molecular complexity index is 1380. The Kier molecular flexibility index (Phi) is 10.7. The molecule has 1 aliphatic carbocycles. The predicted molar refractivity (Wildman–Crippen MR) is 162 cm³/mol. The Morgan fingerprint density at radius 1 is 0.767 bits per heavy atom. The second kappa shape index (κ2) is 14.6. The molecule has 4 rings (SSSR count). The van der Waals surface area contributed by atoms with Crippen LogP contribution in [0.5, 0.6) is 0 Å². The molecule has 1 aliphatic rings. The summed E-state index contributed by atoms with van der Waals surface area (Å²) in [6.45, 7) is 5.46. The number of ketones is 1. The summed E-state index contributed by atoms with van der Waals surface area (Å²) in [5.74, 6) is -2.31. The van der Waals surface area contributed by atoms with E-state index in [-0.39, 0.29) is 37.9 Å². The highest BCUT2D eigenvalue weighted by Gasteiger charge is 2.31. The van der Waals surface area contributed by atoms with Crippen molar-refractivity contribution >= 4 is 23.8 Å². The number of amides is 1. The molecule has 3 aromatic carbocycles. The molecule has 43 heavy (non-hydrogen) atoms. The van der Waals surface area contributed by atoms with Crippen molar-refractivity contribution < 1.29 is 33.4 Å². The second-order valence-corrected chi connectivity index (χ2v) is 11.6. The quantitative estimate of drug-likeness (QED) is 0.106. The van der Waals surface area contributed by atoms with Gasteiger partial charge >= 0.3 is 18.0 Å². The number of ether oxygens (including phenoxy) is 3. The highest BCUT2D eigenvalue weighted by atomic mass is 16.6. The van der Waals surface area contributed by atoms with Crippen LogP contribution in [0.2, 0.25) is 0 Å². The molecule has 3 aromatic rings. The number of unbranched alkanes of at least 4 members (excludes halogenated alkanes) is 2. The Morgan fingerprint density at radius 2 is 1.37 bits per heavy atom. The number of fused-ring (bicyclic) bond motifs is 3. The maximum absolute atomic E-state index is 13.1. The summed E-state index contributed by atoms with van der Waals surface area (Å²) in [5, 5.41) is 2.60. The minimum Gasteiger partial charge on any atom is -0.460 e. The average Bonchev–Trinajstić information content (AvgIpc) is 3.31. The molecule has 1 N–H and O–H groups in total. The number of alkyl carbamates (subject to hydrolysis) is 1. The molecule has 0 saturated carbocycles. The molecule has 0 aliphatic heterocycles. The first kappa shape index (κ1) is 31.5. The fourth-order valence-corrected chi connectivity index (χ4v) is 5.17. The molecule has 1 atom stereocenters. The highest BCUT2D eigenvalue weighted by molar-refractivity contribution is 6.36. The Hall–Kier alpha value is -4.46. The summed E-state index contributed by atoms with van der Waals surface area (Å²) in [7, 11) is 0. The minimum atomic E-state index is -1.12. The summed E-state index contributed by atoms with van der Waals surface area (Å²) < 4.78 is 16.2. The van der Waals surface area contributed by atoms with Crippen molar-refractivity contribution in [2.75, 3.05) is 6.61 Å². The highest BCUT2D eigenvalue weighted by Crippen LogP contribution is 2.44. The number of hydrogen-bond donors (Lipinski definition) is 1. The number of nitrogens with one attached hydrogen (secondary N) is 1. The first-order valence-corrected chi connectivity index (χ1v) is 14.7. The summed E-state index contributed by atoms with van der Waals surface area (Å²) in [6, 6.07) is 23.9. The van der Waals surface area contributed by atoms with Crippen molar-refractivity contribution in [3.8, 4) is 11.1 Å². The molecule has 8 nitrogen and oxygen atoms in total. The lowest BCUT2D eigenvalue weighted by molar-refractivity contribution is -0.155. The van der Waals surface area contributed by atoms with E-state index in [0.29, 0.717) is 19.3 Å². The minimum absolute atomic E-state index is 0.0566. The average molecular weight is 586 g/mol. The summed E-state index contributed by atoms with van der Waals surface area (Å²) in [4.78, 5) is 50.7. The van der Waals surface area contributed by atoms with E-state index < -0.39 is 29.5 Å². The van der Waals surface area contributed by atoms with Gasteiger partial charge in [0.05, 0.1) is 0 Å². The SMILES string of the molecule is CC(C)(C)OC(=O)CCCCC[C@H](NC(=O)OCC1c2ccccc2-c2ccccc21)C(=O)C(=O)OCc1ccccc1. The third-order valence-corrected chi connectivity index (χ3v) is 7.16. The first-order chi connectivity index (χ1) is 20.6. The van der Waals surface area contributed by atoms with Gasteiger partial charge in [-0.3, -0.25) is 9.59 Å². The number of rotatable bonds is 13. The zero-order valence-electron chi connectivity index (χ0n) is 25.0. The maximum Gasteiger partial charge on any atom is 0.407 e. The fraction of sp³-hybridized carbons (Fsp3) is 0.371. The van der Waals surface area contributed by atoms with Crippen LogP contribution in [0.3, 0.4) is 0 Å². The van der Waals surface area contributed by atoms with Crippen LogP contribution in [-0.2, 0) is 35.2 Å². The first-order valence-electron chi connectivity index (χ1n) is 14.7. The normalized spacial score (nSPS) is 12.9.